The van der Waals surface area contributed by atoms with Gasteiger partial charge in [0.15, 0.2) is 0 Å². The molecule has 2 heterocycles. The second-order valence-electron chi connectivity index (χ2n) is 8.17. The zero-order chi connectivity index (χ0) is 18.9. The highest BCUT2D eigenvalue weighted by Gasteiger charge is 2.43. The summed E-state index contributed by atoms with van der Waals surface area (Å²) in [4.78, 5) is 28.5. The van der Waals surface area contributed by atoms with Crippen molar-refractivity contribution in [2.45, 2.75) is 50.5 Å². The number of nitrogens with zero attached hydrogens (tertiary/aromatic N) is 2. The molecular weight excluding hydrogens is 347 g/mol. The third kappa shape index (κ3) is 4.00. The van der Waals surface area contributed by atoms with Crippen LogP contribution in [0, 0.1) is 11.7 Å². The number of carbonyl (C=O) groups is 2. The molecule has 0 N–H and O–H groups in total. The topological polar surface area (TPSA) is 49.9 Å². The summed E-state index contributed by atoms with van der Waals surface area (Å²) < 4.78 is 19.5. The lowest BCUT2D eigenvalue weighted by Gasteiger charge is -2.47. The summed E-state index contributed by atoms with van der Waals surface area (Å²) in [5, 5.41) is 0. The summed E-state index contributed by atoms with van der Waals surface area (Å²) in [6, 6.07) is 6.13. The summed E-state index contributed by atoms with van der Waals surface area (Å²) >= 11 is 0. The van der Waals surface area contributed by atoms with Crippen LogP contribution < -0.4 is 4.90 Å². The van der Waals surface area contributed by atoms with Crippen molar-refractivity contribution in [2.24, 2.45) is 5.92 Å². The molecule has 2 aliphatic heterocycles. The lowest BCUT2D eigenvalue weighted by atomic mass is 9.88. The van der Waals surface area contributed by atoms with Crippen LogP contribution in [0.4, 0.5) is 10.1 Å². The average Bonchev–Trinajstić information content (AvgIpc) is 3.17. The Morgan fingerprint density at radius 2 is 1.96 bits per heavy atom. The number of benzene rings is 1. The lowest BCUT2D eigenvalue weighted by molar-refractivity contribution is -0.150. The Morgan fingerprint density at radius 1 is 1.22 bits per heavy atom. The number of halogens is 1. The molecule has 3 aliphatic rings. The maximum absolute atomic E-state index is 13.6. The van der Waals surface area contributed by atoms with E-state index < -0.39 is 5.60 Å². The molecular formula is C21H27FN2O3. The molecule has 27 heavy (non-hydrogen) atoms. The monoisotopic (exact) mass is 374 g/mol. The molecule has 0 unspecified atom stereocenters. The van der Waals surface area contributed by atoms with E-state index in [1.807, 2.05) is 4.90 Å². The normalized spacial score (nSPS) is 23.2. The summed E-state index contributed by atoms with van der Waals surface area (Å²) in [7, 11) is 0. The van der Waals surface area contributed by atoms with Gasteiger partial charge in [0.1, 0.15) is 12.4 Å². The number of morpholine rings is 1. The molecule has 1 saturated carbocycles. The standard InChI is InChI=1S/C21H27FN2O3/c22-17-6-3-7-18(13-17)24-15-21(27-14-20(24)26)8-10-23(11-9-21)19(25)12-16-4-1-2-5-16/h3,6-7,13,16H,1-2,4-5,8-12,14-15H2. The summed E-state index contributed by atoms with van der Waals surface area (Å²) in [6.45, 7) is 1.75. The first-order valence-electron chi connectivity index (χ1n) is 10.0. The van der Waals surface area contributed by atoms with Gasteiger partial charge in [0.25, 0.3) is 5.91 Å². The van der Waals surface area contributed by atoms with Gasteiger partial charge >= 0.3 is 0 Å². The van der Waals surface area contributed by atoms with Gasteiger partial charge < -0.3 is 14.5 Å². The van der Waals surface area contributed by atoms with E-state index in [9.17, 15) is 14.0 Å². The number of rotatable bonds is 3. The van der Waals surface area contributed by atoms with Crippen LogP contribution in [0.3, 0.4) is 0 Å². The van der Waals surface area contributed by atoms with E-state index >= 15 is 0 Å². The van der Waals surface area contributed by atoms with Gasteiger partial charge in [0.05, 0.1) is 12.1 Å². The largest absolute Gasteiger partial charge is 0.363 e. The number of carbonyl (C=O) groups excluding carboxylic acids is 2. The Kier molecular flexibility index (Phi) is 5.17. The number of likely N-dealkylation sites (tertiary alicyclic amines) is 1. The Balaban J connectivity index is 1.38. The van der Waals surface area contributed by atoms with Crippen LogP contribution in [0.25, 0.3) is 0 Å². The third-order valence-corrected chi connectivity index (χ3v) is 6.33. The van der Waals surface area contributed by atoms with E-state index in [2.05, 4.69) is 0 Å². The van der Waals surface area contributed by atoms with Gasteiger partial charge in [0.2, 0.25) is 5.91 Å². The van der Waals surface area contributed by atoms with Crippen molar-refractivity contribution in [3.8, 4) is 0 Å². The fourth-order valence-corrected chi connectivity index (χ4v) is 4.65. The Hall–Kier alpha value is -1.95. The highest BCUT2D eigenvalue weighted by molar-refractivity contribution is 5.95. The van der Waals surface area contributed by atoms with Crippen LogP contribution in [0.1, 0.15) is 44.9 Å². The predicted octanol–water partition coefficient (Wildman–Crippen LogP) is 3.13. The van der Waals surface area contributed by atoms with Crippen molar-refractivity contribution < 1.29 is 18.7 Å². The van der Waals surface area contributed by atoms with Crippen molar-refractivity contribution in [1.82, 2.24) is 4.90 Å². The van der Waals surface area contributed by atoms with Crippen molar-refractivity contribution in [1.29, 1.82) is 0 Å². The van der Waals surface area contributed by atoms with E-state index in [0.717, 1.165) is 0 Å². The molecule has 0 aromatic heterocycles. The highest BCUT2D eigenvalue weighted by atomic mass is 19.1. The lowest BCUT2D eigenvalue weighted by Crippen LogP contribution is -2.59. The van der Waals surface area contributed by atoms with Gasteiger partial charge in [-0.15, -0.1) is 0 Å². The summed E-state index contributed by atoms with van der Waals surface area (Å²) in [5.74, 6) is 0.310. The van der Waals surface area contributed by atoms with E-state index in [1.54, 1.807) is 17.0 Å². The minimum absolute atomic E-state index is 0.00648. The molecule has 4 rings (SSSR count). The molecule has 146 valence electrons. The first-order valence-corrected chi connectivity index (χ1v) is 10.0. The van der Waals surface area contributed by atoms with E-state index in [4.69, 9.17) is 4.74 Å². The van der Waals surface area contributed by atoms with E-state index in [0.29, 0.717) is 50.5 Å². The molecule has 2 amide bonds. The van der Waals surface area contributed by atoms with Crippen molar-refractivity contribution >= 4 is 17.5 Å². The molecule has 2 saturated heterocycles. The Labute approximate surface area is 159 Å². The average molecular weight is 374 g/mol. The van der Waals surface area contributed by atoms with Crippen LogP contribution in [0.15, 0.2) is 24.3 Å². The van der Waals surface area contributed by atoms with Crippen LogP contribution in [-0.4, -0.2) is 48.6 Å². The minimum atomic E-state index is -0.440. The fourth-order valence-electron chi connectivity index (χ4n) is 4.65. The minimum Gasteiger partial charge on any atom is -0.363 e. The Morgan fingerprint density at radius 3 is 2.67 bits per heavy atom. The Bertz CT molecular complexity index is 709. The number of piperidine rings is 1. The SMILES string of the molecule is O=C(CC1CCCC1)N1CCC2(CC1)CN(c1cccc(F)c1)C(=O)CO2. The predicted molar refractivity (Wildman–Crippen MR) is 99.8 cm³/mol. The first kappa shape index (κ1) is 18.4. The number of anilines is 1. The van der Waals surface area contributed by atoms with Gasteiger partial charge in [-0.3, -0.25) is 9.59 Å². The van der Waals surface area contributed by atoms with Crippen LogP contribution in [-0.2, 0) is 14.3 Å². The van der Waals surface area contributed by atoms with Crippen LogP contribution >= 0.6 is 0 Å². The zero-order valence-corrected chi connectivity index (χ0v) is 15.7. The molecule has 0 bridgehead atoms. The third-order valence-electron chi connectivity index (χ3n) is 6.33. The molecule has 3 fully saturated rings. The highest BCUT2D eigenvalue weighted by Crippen LogP contribution is 2.34. The second-order valence-corrected chi connectivity index (χ2v) is 8.17. The first-order chi connectivity index (χ1) is 13.0. The maximum atomic E-state index is 13.6. The molecule has 5 nitrogen and oxygen atoms in total. The van der Waals surface area contributed by atoms with Crippen LogP contribution in [0.2, 0.25) is 0 Å². The number of amides is 2. The molecule has 6 heteroatoms. The van der Waals surface area contributed by atoms with E-state index in [-0.39, 0.29) is 24.2 Å². The van der Waals surface area contributed by atoms with Crippen molar-refractivity contribution in [3.63, 3.8) is 0 Å². The zero-order valence-electron chi connectivity index (χ0n) is 15.7. The number of hydrogen-bond donors (Lipinski definition) is 0. The van der Waals surface area contributed by atoms with Crippen LogP contribution in [0.5, 0.6) is 0 Å². The van der Waals surface area contributed by atoms with Gasteiger partial charge in [0, 0.05) is 25.2 Å². The smallest absolute Gasteiger partial charge is 0.253 e. The molecule has 1 aliphatic carbocycles. The maximum Gasteiger partial charge on any atom is 0.253 e. The second kappa shape index (κ2) is 7.58. The summed E-state index contributed by atoms with van der Waals surface area (Å²) in [6.07, 6.45) is 6.94. The molecule has 1 spiro atoms. The van der Waals surface area contributed by atoms with Crippen molar-refractivity contribution in [3.05, 3.63) is 30.1 Å². The molecule has 0 atom stereocenters. The number of hydrogen-bond acceptors (Lipinski definition) is 3. The molecule has 0 radical (unpaired) electrons. The van der Waals surface area contributed by atoms with Gasteiger partial charge in [-0.05, 0) is 49.8 Å². The van der Waals surface area contributed by atoms with Gasteiger partial charge in [-0.25, -0.2) is 4.39 Å². The van der Waals surface area contributed by atoms with Crippen molar-refractivity contribution in [2.75, 3.05) is 31.1 Å². The van der Waals surface area contributed by atoms with Gasteiger partial charge in [-0.1, -0.05) is 18.9 Å². The molecule has 1 aromatic carbocycles. The quantitative estimate of drug-likeness (QED) is 0.817. The fraction of sp³-hybridized carbons (Fsp3) is 0.619. The molecule has 1 aromatic rings. The van der Waals surface area contributed by atoms with E-state index in [1.165, 1.54) is 37.8 Å². The summed E-state index contributed by atoms with van der Waals surface area (Å²) in [5.41, 5.74) is 0.132. The number of ether oxygens (including phenoxy) is 1. The van der Waals surface area contributed by atoms with Gasteiger partial charge in [-0.2, -0.15) is 0 Å².